The number of nitrogens with zero attached hydrogens (tertiary/aromatic N) is 1. The van der Waals surface area contributed by atoms with Crippen LogP contribution in [0.3, 0.4) is 0 Å². The summed E-state index contributed by atoms with van der Waals surface area (Å²) in [6.07, 6.45) is 2.16. The minimum Gasteiger partial charge on any atom is -0.395 e. The first-order valence-corrected chi connectivity index (χ1v) is 5.87. The second-order valence-electron chi connectivity index (χ2n) is 4.51. The van der Waals surface area contributed by atoms with E-state index < -0.39 is 0 Å². The molecule has 1 unspecified atom stereocenters. The van der Waals surface area contributed by atoms with Crippen LogP contribution in [-0.4, -0.2) is 56.0 Å². The van der Waals surface area contributed by atoms with Gasteiger partial charge >= 0.3 is 0 Å². The zero-order valence-corrected chi connectivity index (χ0v) is 9.74. The summed E-state index contributed by atoms with van der Waals surface area (Å²) >= 11 is 0. The van der Waals surface area contributed by atoms with Gasteiger partial charge in [0, 0.05) is 31.7 Å². The van der Waals surface area contributed by atoms with E-state index in [0.29, 0.717) is 6.54 Å². The van der Waals surface area contributed by atoms with E-state index in [2.05, 4.69) is 11.8 Å². The number of hydrogen-bond acceptors (Lipinski definition) is 4. The highest BCUT2D eigenvalue weighted by Gasteiger charge is 2.34. The standard InChI is InChI=1S/C11H24N2O2/c1-2-4-13(5-6-14)9-11(8-12)3-7-15-10-11/h14H,2-10,12H2,1H3. The molecular weight excluding hydrogens is 192 g/mol. The third-order valence-corrected chi connectivity index (χ3v) is 3.13. The molecule has 0 radical (unpaired) electrons. The normalized spacial score (nSPS) is 26.4. The first kappa shape index (κ1) is 12.9. The number of hydrogen-bond donors (Lipinski definition) is 2. The zero-order valence-electron chi connectivity index (χ0n) is 9.74. The van der Waals surface area contributed by atoms with Gasteiger partial charge in [-0.2, -0.15) is 0 Å². The predicted molar refractivity (Wildman–Crippen MR) is 60.7 cm³/mol. The molecule has 4 heteroatoms. The quantitative estimate of drug-likeness (QED) is 0.631. The van der Waals surface area contributed by atoms with Crippen molar-refractivity contribution in [2.45, 2.75) is 19.8 Å². The molecule has 1 saturated heterocycles. The van der Waals surface area contributed by atoms with Gasteiger partial charge in [0.25, 0.3) is 0 Å². The highest BCUT2D eigenvalue weighted by Crippen LogP contribution is 2.28. The average Bonchev–Trinajstić information content (AvgIpc) is 2.68. The van der Waals surface area contributed by atoms with Gasteiger partial charge < -0.3 is 20.5 Å². The molecule has 1 aliphatic heterocycles. The smallest absolute Gasteiger partial charge is 0.0558 e. The summed E-state index contributed by atoms with van der Waals surface area (Å²) in [7, 11) is 0. The Morgan fingerprint density at radius 3 is 2.73 bits per heavy atom. The van der Waals surface area contributed by atoms with Crippen LogP contribution in [0.2, 0.25) is 0 Å². The zero-order chi connectivity index (χ0) is 11.1. The SMILES string of the molecule is CCCN(CCO)CC1(CN)CCOC1. The average molecular weight is 216 g/mol. The highest BCUT2D eigenvalue weighted by molar-refractivity contribution is 4.87. The molecule has 0 aromatic carbocycles. The maximum absolute atomic E-state index is 8.99. The molecule has 1 rings (SSSR count). The highest BCUT2D eigenvalue weighted by atomic mass is 16.5. The molecule has 0 aromatic rings. The number of aliphatic hydroxyl groups is 1. The monoisotopic (exact) mass is 216 g/mol. The molecule has 15 heavy (non-hydrogen) atoms. The number of rotatable bonds is 7. The van der Waals surface area contributed by atoms with Crippen LogP contribution in [0, 0.1) is 5.41 Å². The maximum atomic E-state index is 8.99. The van der Waals surface area contributed by atoms with Crippen LogP contribution in [0.25, 0.3) is 0 Å². The van der Waals surface area contributed by atoms with Gasteiger partial charge in [0.05, 0.1) is 13.2 Å². The minimum absolute atomic E-state index is 0.129. The maximum Gasteiger partial charge on any atom is 0.0558 e. The molecule has 0 spiro atoms. The molecule has 1 heterocycles. The van der Waals surface area contributed by atoms with Crippen molar-refractivity contribution < 1.29 is 9.84 Å². The number of ether oxygens (including phenoxy) is 1. The Hall–Kier alpha value is -0.160. The molecule has 4 nitrogen and oxygen atoms in total. The third-order valence-electron chi connectivity index (χ3n) is 3.13. The Kier molecular flexibility index (Phi) is 5.53. The summed E-state index contributed by atoms with van der Waals surface area (Å²) in [6, 6.07) is 0. The summed E-state index contributed by atoms with van der Waals surface area (Å²) in [5, 5.41) is 8.99. The Balaban J connectivity index is 2.46. The topological polar surface area (TPSA) is 58.7 Å². The van der Waals surface area contributed by atoms with Crippen molar-refractivity contribution in [2.24, 2.45) is 11.1 Å². The molecule has 1 aliphatic rings. The van der Waals surface area contributed by atoms with Gasteiger partial charge in [-0.15, -0.1) is 0 Å². The lowest BCUT2D eigenvalue weighted by molar-refractivity contribution is 0.102. The number of aliphatic hydroxyl groups excluding tert-OH is 1. The fourth-order valence-corrected chi connectivity index (χ4v) is 2.20. The van der Waals surface area contributed by atoms with Crippen molar-refractivity contribution in [1.29, 1.82) is 0 Å². The van der Waals surface area contributed by atoms with Gasteiger partial charge in [0.15, 0.2) is 0 Å². The van der Waals surface area contributed by atoms with Crippen LogP contribution in [0.1, 0.15) is 19.8 Å². The molecule has 0 bridgehead atoms. The molecule has 1 fully saturated rings. The Morgan fingerprint density at radius 2 is 2.27 bits per heavy atom. The first-order chi connectivity index (χ1) is 7.26. The lowest BCUT2D eigenvalue weighted by Crippen LogP contribution is -2.44. The fraction of sp³-hybridized carbons (Fsp3) is 1.00. The third kappa shape index (κ3) is 3.72. The van der Waals surface area contributed by atoms with Gasteiger partial charge in [0.1, 0.15) is 0 Å². The summed E-state index contributed by atoms with van der Waals surface area (Å²) in [4.78, 5) is 2.29. The van der Waals surface area contributed by atoms with Crippen LogP contribution in [0.15, 0.2) is 0 Å². The molecule has 1 atom stereocenters. The van der Waals surface area contributed by atoms with E-state index in [4.69, 9.17) is 15.6 Å². The van der Waals surface area contributed by atoms with Gasteiger partial charge in [-0.3, -0.25) is 0 Å². The van der Waals surface area contributed by atoms with Crippen molar-refractivity contribution in [3.05, 3.63) is 0 Å². The van der Waals surface area contributed by atoms with Crippen LogP contribution in [0.4, 0.5) is 0 Å². The van der Waals surface area contributed by atoms with E-state index in [1.54, 1.807) is 0 Å². The van der Waals surface area contributed by atoms with Crippen molar-refractivity contribution in [3.63, 3.8) is 0 Å². The van der Waals surface area contributed by atoms with Crippen LogP contribution < -0.4 is 5.73 Å². The summed E-state index contributed by atoms with van der Waals surface area (Å²) in [5.74, 6) is 0. The van der Waals surface area contributed by atoms with Crippen molar-refractivity contribution in [2.75, 3.05) is 46.0 Å². The molecule has 90 valence electrons. The molecule has 0 saturated carbocycles. The van der Waals surface area contributed by atoms with E-state index in [9.17, 15) is 0 Å². The van der Waals surface area contributed by atoms with E-state index in [1.165, 1.54) is 0 Å². The second kappa shape index (κ2) is 6.43. The van der Waals surface area contributed by atoms with Gasteiger partial charge in [-0.1, -0.05) is 6.92 Å². The van der Waals surface area contributed by atoms with Crippen LogP contribution in [0.5, 0.6) is 0 Å². The van der Waals surface area contributed by atoms with E-state index in [1.807, 2.05) is 0 Å². The molecule has 0 aliphatic carbocycles. The summed E-state index contributed by atoms with van der Waals surface area (Å²) in [6.45, 7) is 7.39. The van der Waals surface area contributed by atoms with E-state index in [-0.39, 0.29) is 12.0 Å². The van der Waals surface area contributed by atoms with Crippen LogP contribution in [-0.2, 0) is 4.74 Å². The first-order valence-electron chi connectivity index (χ1n) is 5.87. The minimum atomic E-state index is 0.129. The lowest BCUT2D eigenvalue weighted by Gasteiger charge is -2.32. The van der Waals surface area contributed by atoms with Crippen LogP contribution >= 0.6 is 0 Å². The predicted octanol–water partition coefficient (Wildman–Crippen LogP) is 0.0561. The summed E-state index contributed by atoms with van der Waals surface area (Å²) in [5.41, 5.74) is 5.97. The van der Waals surface area contributed by atoms with Gasteiger partial charge in [0.2, 0.25) is 0 Å². The van der Waals surface area contributed by atoms with E-state index in [0.717, 1.165) is 45.7 Å². The van der Waals surface area contributed by atoms with Gasteiger partial charge in [-0.05, 0) is 19.4 Å². The Bertz CT molecular complexity index is 164. The largest absolute Gasteiger partial charge is 0.395 e. The number of nitrogens with two attached hydrogens (primary N) is 1. The Morgan fingerprint density at radius 1 is 1.47 bits per heavy atom. The molecular formula is C11H24N2O2. The summed E-state index contributed by atoms with van der Waals surface area (Å²) < 4.78 is 5.44. The molecule has 3 N–H and O–H groups in total. The Labute approximate surface area is 92.4 Å². The molecule has 0 aromatic heterocycles. The van der Waals surface area contributed by atoms with Crippen molar-refractivity contribution in [1.82, 2.24) is 4.90 Å². The lowest BCUT2D eigenvalue weighted by atomic mass is 9.87. The second-order valence-corrected chi connectivity index (χ2v) is 4.51. The fourth-order valence-electron chi connectivity index (χ4n) is 2.20. The van der Waals surface area contributed by atoms with Crippen molar-refractivity contribution >= 4 is 0 Å². The molecule has 0 amide bonds. The van der Waals surface area contributed by atoms with Gasteiger partial charge in [-0.25, -0.2) is 0 Å². The van der Waals surface area contributed by atoms with E-state index >= 15 is 0 Å². The van der Waals surface area contributed by atoms with Crippen molar-refractivity contribution in [3.8, 4) is 0 Å².